The molecule has 0 aromatic heterocycles. The molecule has 1 heterocycles. The molecule has 1 atom stereocenters. The van der Waals surface area contributed by atoms with Gasteiger partial charge < -0.3 is 4.74 Å². The van der Waals surface area contributed by atoms with Crippen molar-refractivity contribution < 1.29 is 19.1 Å². The molecule has 0 unspecified atom stereocenters. The molecule has 1 aliphatic rings. The van der Waals surface area contributed by atoms with Gasteiger partial charge in [0.05, 0.1) is 29.9 Å². The molecule has 0 spiro atoms. The van der Waals surface area contributed by atoms with Crippen LogP contribution in [0.15, 0.2) is 88.0 Å². The molecule has 9 nitrogen and oxygen atoms in total. The third-order valence-corrected chi connectivity index (χ3v) is 5.07. The van der Waals surface area contributed by atoms with Crippen molar-refractivity contribution >= 4 is 46.8 Å². The Kier molecular flexibility index (Phi) is 6.54. The number of hydrogen-bond acceptors (Lipinski definition) is 7. The van der Waals surface area contributed by atoms with E-state index in [9.17, 15) is 14.4 Å². The molecule has 0 radical (unpaired) electrons. The molecular formula is C25H21N5O4. The van der Waals surface area contributed by atoms with Gasteiger partial charge in [-0.25, -0.2) is 9.69 Å². The number of nitrogens with one attached hydrogen (secondary N) is 1. The first-order chi connectivity index (χ1) is 16.4. The van der Waals surface area contributed by atoms with E-state index in [4.69, 9.17) is 4.74 Å². The number of hydrogen-bond donors (Lipinski definition) is 1. The number of azo groups is 1. The van der Waals surface area contributed by atoms with Gasteiger partial charge in [0.1, 0.15) is 5.75 Å². The van der Waals surface area contributed by atoms with Crippen molar-refractivity contribution in [2.24, 2.45) is 21.1 Å². The van der Waals surface area contributed by atoms with Gasteiger partial charge in [-0.2, -0.15) is 10.2 Å². The Morgan fingerprint density at radius 1 is 0.824 bits per heavy atom. The molecule has 0 bridgehead atoms. The quantitative estimate of drug-likeness (QED) is 0.319. The lowest BCUT2D eigenvalue weighted by Gasteiger charge is -2.28. The number of carbonyl (C=O) groups excluding carboxylic acids is 3. The summed E-state index contributed by atoms with van der Waals surface area (Å²) in [6.07, 6.45) is 1.23. The lowest BCUT2D eigenvalue weighted by atomic mass is 10.1. The van der Waals surface area contributed by atoms with Crippen LogP contribution in [0.1, 0.15) is 5.56 Å². The molecule has 0 aliphatic carbocycles. The normalized spacial score (nSPS) is 16.4. The average Bonchev–Trinajstić information content (AvgIpc) is 2.84. The Morgan fingerprint density at radius 3 is 1.97 bits per heavy atom. The topological polar surface area (TPSA) is 113 Å². The van der Waals surface area contributed by atoms with E-state index in [2.05, 4.69) is 20.5 Å². The first-order valence-corrected chi connectivity index (χ1v) is 10.4. The maximum atomic E-state index is 12.9. The summed E-state index contributed by atoms with van der Waals surface area (Å²) in [7, 11) is 1.51. The zero-order valence-corrected chi connectivity index (χ0v) is 18.5. The monoisotopic (exact) mass is 455 g/mol. The van der Waals surface area contributed by atoms with Crippen molar-refractivity contribution in [2.45, 2.75) is 6.92 Å². The number of nitrogens with zero attached hydrogens (tertiary/aromatic N) is 4. The van der Waals surface area contributed by atoms with Crippen molar-refractivity contribution in [1.82, 2.24) is 5.32 Å². The van der Waals surface area contributed by atoms with Gasteiger partial charge in [-0.3, -0.25) is 19.9 Å². The number of ether oxygens (including phenoxy) is 1. The second-order valence-corrected chi connectivity index (χ2v) is 7.47. The third kappa shape index (κ3) is 5.04. The molecular weight excluding hydrogens is 434 g/mol. The Balaban J connectivity index is 1.47. The van der Waals surface area contributed by atoms with E-state index in [1.165, 1.54) is 13.3 Å². The van der Waals surface area contributed by atoms with Crippen LogP contribution in [0.3, 0.4) is 0 Å². The van der Waals surface area contributed by atoms with Crippen LogP contribution in [0.25, 0.3) is 0 Å². The van der Waals surface area contributed by atoms with Crippen LogP contribution in [-0.2, 0) is 9.59 Å². The number of barbiturate groups is 1. The maximum absolute atomic E-state index is 12.9. The van der Waals surface area contributed by atoms with Crippen molar-refractivity contribution in [3.05, 3.63) is 78.4 Å². The summed E-state index contributed by atoms with van der Waals surface area (Å²) >= 11 is 0. The second kappa shape index (κ2) is 9.86. The van der Waals surface area contributed by atoms with E-state index in [0.29, 0.717) is 22.8 Å². The van der Waals surface area contributed by atoms with Crippen LogP contribution in [0.4, 0.5) is 27.5 Å². The first-order valence-electron chi connectivity index (χ1n) is 10.4. The van der Waals surface area contributed by atoms with Gasteiger partial charge in [-0.1, -0.05) is 17.7 Å². The van der Waals surface area contributed by atoms with Crippen molar-refractivity contribution in [3.8, 4) is 5.75 Å². The number of anilines is 1. The van der Waals surface area contributed by atoms with Gasteiger partial charge in [-0.05, 0) is 67.6 Å². The minimum Gasteiger partial charge on any atom is -0.497 e. The molecule has 0 saturated carbocycles. The highest BCUT2D eigenvalue weighted by Crippen LogP contribution is 2.25. The van der Waals surface area contributed by atoms with Crippen molar-refractivity contribution in [2.75, 3.05) is 12.0 Å². The fourth-order valence-corrected chi connectivity index (χ4v) is 3.19. The Bertz CT molecular complexity index is 1270. The molecule has 3 aromatic rings. The number of methoxy groups -OCH3 is 1. The molecule has 9 heteroatoms. The zero-order chi connectivity index (χ0) is 24.1. The molecule has 1 saturated heterocycles. The molecule has 3 aromatic carbocycles. The smallest absolute Gasteiger partial charge is 0.335 e. The highest BCUT2D eigenvalue weighted by molar-refractivity contribution is 6.32. The molecule has 4 amide bonds. The molecule has 1 aliphatic heterocycles. The summed E-state index contributed by atoms with van der Waals surface area (Å²) in [6.45, 7) is 2.00. The van der Waals surface area contributed by atoms with Crippen LogP contribution >= 0.6 is 0 Å². The highest BCUT2D eigenvalue weighted by atomic mass is 16.5. The van der Waals surface area contributed by atoms with Gasteiger partial charge >= 0.3 is 6.03 Å². The van der Waals surface area contributed by atoms with Crippen LogP contribution in [-0.4, -0.2) is 31.2 Å². The summed E-state index contributed by atoms with van der Waals surface area (Å²) in [5.41, 5.74) is 3.34. The SMILES string of the molecule is COc1ccc(N2C(=O)NC(=O)[C@@H](C=Nc3ccc(N=Nc4ccc(C)cc4)cc3)C2=O)cc1. The number of rotatable bonds is 6. The predicted molar refractivity (Wildman–Crippen MR) is 127 cm³/mol. The Labute approximate surface area is 195 Å². The minimum atomic E-state index is -1.25. The number of amides is 4. The molecule has 1 N–H and O–H groups in total. The Hall–Kier alpha value is -4.66. The average molecular weight is 455 g/mol. The van der Waals surface area contributed by atoms with Crippen LogP contribution < -0.4 is 15.0 Å². The molecule has 4 rings (SSSR count). The largest absolute Gasteiger partial charge is 0.497 e. The Morgan fingerprint density at radius 2 is 1.38 bits per heavy atom. The molecule has 1 fully saturated rings. The fourth-order valence-electron chi connectivity index (χ4n) is 3.19. The number of imide groups is 2. The lowest BCUT2D eigenvalue weighted by molar-refractivity contribution is -0.131. The minimum absolute atomic E-state index is 0.317. The summed E-state index contributed by atoms with van der Waals surface area (Å²) in [5, 5.41) is 10.6. The van der Waals surface area contributed by atoms with Crippen LogP contribution in [0.5, 0.6) is 5.75 Å². The van der Waals surface area contributed by atoms with Gasteiger partial charge in [0.15, 0.2) is 5.92 Å². The summed E-state index contributed by atoms with van der Waals surface area (Å²) < 4.78 is 5.09. The van der Waals surface area contributed by atoms with E-state index >= 15 is 0 Å². The van der Waals surface area contributed by atoms with Gasteiger partial charge in [0.25, 0.3) is 5.91 Å². The highest BCUT2D eigenvalue weighted by Gasteiger charge is 2.40. The van der Waals surface area contributed by atoms with E-state index < -0.39 is 23.8 Å². The van der Waals surface area contributed by atoms with Gasteiger partial charge in [0, 0.05) is 6.21 Å². The summed E-state index contributed by atoms with van der Waals surface area (Å²) in [5.74, 6) is -2.09. The summed E-state index contributed by atoms with van der Waals surface area (Å²) in [4.78, 5) is 42.6. The van der Waals surface area contributed by atoms with Crippen LogP contribution in [0.2, 0.25) is 0 Å². The first kappa shape index (κ1) is 22.5. The molecule has 170 valence electrons. The van der Waals surface area contributed by atoms with Crippen molar-refractivity contribution in [1.29, 1.82) is 0 Å². The summed E-state index contributed by atoms with van der Waals surface area (Å²) in [6, 6.07) is 20.0. The van der Waals surface area contributed by atoms with Gasteiger partial charge in [0.2, 0.25) is 5.91 Å². The van der Waals surface area contributed by atoms with Gasteiger partial charge in [-0.15, -0.1) is 0 Å². The number of urea groups is 1. The number of aliphatic imine (C=N–C) groups is 1. The van der Waals surface area contributed by atoms with Crippen LogP contribution in [0, 0.1) is 12.8 Å². The lowest BCUT2D eigenvalue weighted by Crippen LogP contribution is -2.58. The number of carbonyl (C=O) groups is 3. The van der Waals surface area contributed by atoms with E-state index in [1.54, 1.807) is 48.5 Å². The standard InChI is InChI=1S/C25H21N5O4/c1-16-3-5-18(6-4-16)28-29-19-9-7-17(8-10-19)26-15-22-23(31)27-25(33)30(24(22)32)20-11-13-21(34-2)14-12-20/h3-15,22H,1-2H3,(H,27,31,33)/t22-/m1/s1. The van der Waals surface area contributed by atoms with E-state index in [0.717, 1.165) is 16.2 Å². The third-order valence-electron chi connectivity index (χ3n) is 5.07. The maximum Gasteiger partial charge on any atom is 0.335 e. The number of benzene rings is 3. The second-order valence-electron chi connectivity index (χ2n) is 7.47. The van der Waals surface area contributed by atoms with E-state index in [-0.39, 0.29) is 0 Å². The fraction of sp³-hybridized carbons (Fsp3) is 0.120. The van der Waals surface area contributed by atoms with Crippen molar-refractivity contribution in [3.63, 3.8) is 0 Å². The number of aryl methyl sites for hydroxylation is 1. The zero-order valence-electron chi connectivity index (χ0n) is 18.5. The predicted octanol–water partition coefficient (Wildman–Crippen LogP) is 5.02. The van der Waals surface area contributed by atoms with E-state index in [1.807, 2.05) is 31.2 Å². The molecule has 34 heavy (non-hydrogen) atoms.